The molecule has 0 aliphatic heterocycles. The first-order valence-corrected chi connectivity index (χ1v) is 11.5. The van der Waals surface area contributed by atoms with Crippen molar-refractivity contribution in [3.05, 3.63) is 51.5 Å². The van der Waals surface area contributed by atoms with Crippen LogP contribution < -0.4 is 11.0 Å². The fraction of sp³-hybridized carbons (Fsp3) is 0.300. The van der Waals surface area contributed by atoms with Gasteiger partial charge in [-0.3, -0.25) is 4.79 Å². The summed E-state index contributed by atoms with van der Waals surface area (Å²) in [6.45, 7) is -0.141. The summed E-state index contributed by atoms with van der Waals surface area (Å²) in [6, 6.07) is 7.60. The predicted molar refractivity (Wildman–Crippen MR) is 116 cm³/mol. The van der Waals surface area contributed by atoms with Crippen molar-refractivity contribution in [2.75, 3.05) is 11.6 Å². The fourth-order valence-corrected chi connectivity index (χ4v) is 5.50. The van der Waals surface area contributed by atoms with Crippen molar-refractivity contribution in [3.8, 4) is 0 Å². The third-order valence-electron chi connectivity index (χ3n) is 5.18. The maximum Gasteiger partial charge on any atom is 0.352 e. The number of aryl methyl sites for hydroxylation is 2. The first-order valence-electron chi connectivity index (χ1n) is 9.46. The molecule has 0 spiro atoms. The summed E-state index contributed by atoms with van der Waals surface area (Å²) in [5.74, 6) is -0.287. The third kappa shape index (κ3) is 3.24. The van der Waals surface area contributed by atoms with Gasteiger partial charge in [-0.15, -0.1) is 28.2 Å². The van der Waals surface area contributed by atoms with E-state index >= 15 is 0 Å². The first-order chi connectivity index (χ1) is 14.1. The van der Waals surface area contributed by atoms with Crippen molar-refractivity contribution in [3.63, 3.8) is 0 Å². The Balaban J connectivity index is 1.49. The molecule has 1 aliphatic carbocycles. The second kappa shape index (κ2) is 7.31. The summed E-state index contributed by atoms with van der Waals surface area (Å²) >= 11 is 3.30. The minimum Gasteiger partial charge on any atom is -0.324 e. The number of hydrogen-bond donors (Lipinski definition) is 1. The van der Waals surface area contributed by atoms with Crippen LogP contribution in [0.25, 0.3) is 15.9 Å². The van der Waals surface area contributed by atoms with Crippen LogP contribution in [0.15, 0.2) is 40.3 Å². The van der Waals surface area contributed by atoms with E-state index in [1.807, 2.05) is 30.5 Å². The molecule has 148 valence electrons. The summed E-state index contributed by atoms with van der Waals surface area (Å²) in [5, 5.41) is 8.32. The molecule has 0 fully saturated rings. The summed E-state index contributed by atoms with van der Waals surface area (Å²) in [6.07, 6.45) is 7.88. The van der Waals surface area contributed by atoms with Crippen LogP contribution in [0.1, 0.15) is 23.3 Å². The Morgan fingerprint density at radius 1 is 1.31 bits per heavy atom. The number of thioether (sulfide) groups is 1. The van der Waals surface area contributed by atoms with Gasteiger partial charge in [0.15, 0.2) is 5.65 Å². The Hall–Kier alpha value is -2.65. The van der Waals surface area contributed by atoms with E-state index in [4.69, 9.17) is 0 Å². The van der Waals surface area contributed by atoms with Crippen molar-refractivity contribution in [1.82, 2.24) is 19.2 Å². The largest absolute Gasteiger partial charge is 0.352 e. The highest BCUT2D eigenvalue weighted by Gasteiger charge is 2.22. The highest BCUT2D eigenvalue weighted by Crippen LogP contribution is 2.36. The average molecular weight is 426 g/mol. The van der Waals surface area contributed by atoms with Gasteiger partial charge in [-0.2, -0.15) is 0 Å². The molecule has 4 aromatic rings. The van der Waals surface area contributed by atoms with Gasteiger partial charge in [0, 0.05) is 15.5 Å². The third-order valence-corrected chi connectivity index (χ3v) is 7.11. The molecule has 0 saturated carbocycles. The minimum absolute atomic E-state index is 0.141. The van der Waals surface area contributed by atoms with Gasteiger partial charge in [-0.05, 0) is 55.7 Å². The molecule has 0 saturated heterocycles. The fourth-order valence-electron chi connectivity index (χ4n) is 3.82. The van der Waals surface area contributed by atoms with Crippen LogP contribution in [0, 0.1) is 0 Å². The number of rotatable bonds is 4. The predicted octanol–water partition coefficient (Wildman–Crippen LogP) is 3.35. The number of amides is 1. The lowest BCUT2D eigenvalue weighted by Gasteiger charge is -2.09. The Morgan fingerprint density at radius 2 is 2.17 bits per heavy atom. The molecule has 0 atom stereocenters. The van der Waals surface area contributed by atoms with E-state index < -0.39 is 0 Å². The normalized spacial score (nSPS) is 13.7. The molecular formula is C20H19N5O2S2. The zero-order valence-corrected chi connectivity index (χ0v) is 17.5. The van der Waals surface area contributed by atoms with Crippen molar-refractivity contribution >= 4 is 50.6 Å². The van der Waals surface area contributed by atoms with E-state index in [0.717, 1.165) is 34.4 Å². The molecule has 1 aromatic carbocycles. The van der Waals surface area contributed by atoms with E-state index in [1.54, 1.807) is 23.1 Å². The molecule has 3 aromatic heterocycles. The van der Waals surface area contributed by atoms with Crippen molar-refractivity contribution in [1.29, 1.82) is 0 Å². The molecule has 9 heteroatoms. The quantitative estimate of drug-likeness (QED) is 0.507. The van der Waals surface area contributed by atoms with Crippen LogP contribution in [-0.4, -0.2) is 31.3 Å². The van der Waals surface area contributed by atoms with Gasteiger partial charge in [0.05, 0.1) is 5.39 Å². The summed E-state index contributed by atoms with van der Waals surface area (Å²) in [4.78, 5) is 33.1. The van der Waals surface area contributed by atoms with E-state index in [2.05, 4.69) is 15.4 Å². The smallest absolute Gasteiger partial charge is 0.324 e. The molecule has 3 heterocycles. The molecule has 1 amide bonds. The summed E-state index contributed by atoms with van der Waals surface area (Å²) in [5.41, 5.74) is 2.22. The Kier molecular flexibility index (Phi) is 4.63. The average Bonchev–Trinajstić information content (AvgIpc) is 3.26. The zero-order valence-electron chi connectivity index (χ0n) is 15.8. The van der Waals surface area contributed by atoms with Gasteiger partial charge < -0.3 is 5.32 Å². The van der Waals surface area contributed by atoms with E-state index in [9.17, 15) is 9.59 Å². The van der Waals surface area contributed by atoms with Gasteiger partial charge in [0.2, 0.25) is 5.91 Å². The molecule has 7 nitrogen and oxygen atoms in total. The number of nitrogens with one attached hydrogen (secondary N) is 1. The van der Waals surface area contributed by atoms with Crippen molar-refractivity contribution in [2.24, 2.45) is 0 Å². The second-order valence-electron chi connectivity index (χ2n) is 7.05. The van der Waals surface area contributed by atoms with Gasteiger partial charge >= 0.3 is 5.69 Å². The molecule has 29 heavy (non-hydrogen) atoms. The number of carbonyl (C=O) groups is 1. The number of nitrogens with zero attached hydrogens (tertiary/aromatic N) is 4. The Morgan fingerprint density at radius 3 is 3.03 bits per heavy atom. The number of thiophene rings is 1. The molecule has 5 rings (SSSR count). The zero-order chi connectivity index (χ0) is 20.0. The number of aromatic nitrogens is 4. The summed E-state index contributed by atoms with van der Waals surface area (Å²) < 4.78 is 2.67. The van der Waals surface area contributed by atoms with Crippen LogP contribution in [0.2, 0.25) is 0 Å². The number of anilines is 1. The topological polar surface area (TPSA) is 81.3 Å². The number of fused-ring (bicyclic) bond motifs is 5. The minimum atomic E-state index is -0.349. The van der Waals surface area contributed by atoms with Crippen LogP contribution in [-0.2, 0) is 24.2 Å². The molecule has 1 aliphatic rings. The van der Waals surface area contributed by atoms with E-state index in [1.165, 1.54) is 32.3 Å². The second-order valence-corrected chi connectivity index (χ2v) is 9.01. The SMILES string of the molecule is CSc1cccc(NC(=O)Cn2nc3c4c5c(sc4ncn3c2=O)CCCC5)c1. The maximum atomic E-state index is 12.8. The van der Waals surface area contributed by atoms with Gasteiger partial charge in [0.1, 0.15) is 17.7 Å². The lowest BCUT2D eigenvalue weighted by molar-refractivity contribution is -0.117. The molecule has 1 N–H and O–H groups in total. The first kappa shape index (κ1) is 18.4. The molecular weight excluding hydrogens is 406 g/mol. The van der Waals surface area contributed by atoms with Crippen LogP contribution in [0.4, 0.5) is 5.69 Å². The van der Waals surface area contributed by atoms with Crippen LogP contribution >= 0.6 is 23.1 Å². The molecule has 0 radical (unpaired) electrons. The van der Waals surface area contributed by atoms with Gasteiger partial charge in [0.25, 0.3) is 0 Å². The highest BCUT2D eigenvalue weighted by atomic mass is 32.2. The number of carbonyl (C=O) groups excluding carboxylic acids is 1. The molecule has 0 bridgehead atoms. The maximum absolute atomic E-state index is 12.8. The Labute approximate surface area is 174 Å². The highest BCUT2D eigenvalue weighted by molar-refractivity contribution is 7.98. The number of hydrogen-bond acceptors (Lipinski definition) is 6. The lowest BCUT2D eigenvalue weighted by atomic mass is 9.97. The van der Waals surface area contributed by atoms with Gasteiger partial charge in [-0.1, -0.05) is 6.07 Å². The molecule has 0 unspecified atom stereocenters. The van der Waals surface area contributed by atoms with Crippen molar-refractivity contribution < 1.29 is 4.79 Å². The van der Waals surface area contributed by atoms with Crippen molar-refractivity contribution in [2.45, 2.75) is 37.1 Å². The van der Waals surface area contributed by atoms with Crippen LogP contribution in [0.5, 0.6) is 0 Å². The monoisotopic (exact) mass is 425 g/mol. The lowest BCUT2D eigenvalue weighted by Crippen LogP contribution is -2.28. The number of benzene rings is 1. The van der Waals surface area contributed by atoms with E-state index in [0.29, 0.717) is 11.3 Å². The van der Waals surface area contributed by atoms with Crippen LogP contribution in [0.3, 0.4) is 0 Å². The van der Waals surface area contributed by atoms with Gasteiger partial charge in [-0.25, -0.2) is 18.9 Å². The Bertz CT molecular complexity index is 1300. The van der Waals surface area contributed by atoms with E-state index in [-0.39, 0.29) is 18.1 Å². The summed E-state index contributed by atoms with van der Waals surface area (Å²) in [7, 11) is 0. The standard InChI is InChI=1S/C20H19N5O2S2/c1-28-13-6-4-5-12(9-13)22-16(26)10-25-20(27)24-11-21-19-17(18(24)23-25)14-7-2-3-8-15(14)29-19/h4-6,9,11H,2-3,7-8,10H2,1H3,(H,22,26).